The molecule has 2 aromatic rings. The number of hydrogen-bond donors (Lipinski definition) is 2. The zero-order valence-electron chi connectivity index (χ0n) is 15.9. The highest BCUT2D eigenvalue weighted by Gasteiger charge is 2.16. The molecule has 6 nitrogen and oxygen atoms in total. The van der Waals surface area contributed by atoms with Gasteiger partial charge in [0.25, 0.3) is 5.91 Å². The van der Waals surface area contributed by atoms with Crippen LogP contribution in [0.1, 0.15) is 55.6 Å². The van der Waals surface area contributed by atoms with Gasteiger partial charge in [-0.1, -0.05) is 33.1 Å². The number of sulfonamides is 1. The molecule has 1 atom stereocenters. The van der Waals surface area contributed by atoms with Crippen molar-refractivity contribution in [1.29, 1.82) is 0 Å². The smallest absolute Gasteiger partial charge is 0.251 e. The van der Waals surface area contributed by atoms with Gasteiger partial charge in [0.2, 0.25) is 10.0 Å². The summed E-state index contributed by atoms with van der Waals surface area (Å²) in [5.41, 5.74) is 0.449. The average molecular weight is 393 g/mol. The van der Waals surface area contributed by atoms with E-state index in [1.54, 1.807) is 12.1 Å². The highest BCUT2D eigenvalue weighted by atomic mass is 32.2. The molecule has 0 saturated carbocycles. The maximum Gasteiger partial charge on any atom is 0.251 e. The molecule has 148 valence electrons. The number of rotatable bonds is 11. The predicted molar refractivity (Wildman–Crippen MR) is 105 cm³/mol. The lowest BCUT2D eigenvalue weighted by Gasteiger charge is -2.15. The van der Waals surface area contributed by atoms with Gasteiger partial charge in [-0.2, -0.15) is 0 Å². The van der Waals surface area contributed by atoms with Crippen molar-refractivity contribution in [2.24, 2.45) is 5.92 Å². The standard InChI is InChI=1S/C20H28N2O4S/c1-3-5-7-16(4-2)14-21-20(23)17-9-11-19(12-10-17)27(24,25)22-15-18-8-6-13-26-18/h6,8-13,16,22H,3-5,7,14-15H2,1-2H3,(H,21,23). The Bertz CT molecular complexity index is 799. The first kappa shape index (κ1) is 21.2. The van der Waals surface area contributed by atoms with Gasteiger partial charge in [-0.05, 0) is 48.7 Å². The predicted octanol–water partition coefficient (Wildman–Crippen LogP) is 3.70. The second-order valence-corrected chi connectivity index (χ2v) is 8.32. The van der Waals surface area contributed by atoms with Crippen molar-refractivity contribution in [3.63, 3.8) is 0 Å². The number of furan rings is 1. The molecule has 0 aliphatic heterocycles. The lowest BCUT2D eigenvalue weighted by Crippen LogP contribution is -2.29. The lowest BCUT2D eigenvalue weighted by atomic mass is 9.99. The molecule has 0 aliphatic rings. The van der Waals surface area contributed by atoms with Gasteiger partial charge in [0, 0.05) is 12.1 Å². The average Bonchev–Trinajstić information content (AvgIpc) is 3.20. The van der Waals surface area contributed by atoms with Crippen molar-refractivity contribution in [1.82, 2.24) is 10.0 Å². The summed E-state index contributed by atoms with van der Waals surface area (Å²) in [5.74, 6) is 0.819. The summed E-state index contributed by atoms with van der Waals surface area (Å²) in [6.07, 6.45) is 5.92. The molecular formula is C20H28N2O4S. The quantitative estimate of drug-likeness (QED) is 0.610. The van der Waals surface area contributed by atoms with Crippen molar-refractivity contribution < 1.29 is 17.6 Å². The summed E-state index contributed by atoms with van der Waals surface area (Å²) in [7, 11) is -3.66. The first-order valence-electron chi connectivity index (χ1n) is 9.36. The van der Waals surface area contributed by atoms with Crippen LogP contribution in [0, 0.1) is 5.92 Å². The Morgan fingerprint density at radius 3 is 2.48 bits per heavy atom. The number of unbranched alkanes of at least 4 members (excludes halogenated alkanes) is 1. The second-order valence-electron chi connectivity index (χ2n) is 6.55. The van der Waals surface area contributed by atoms with Crippen LogP contribution in [0.25, 0.3) is 0 Å². The number of carbonyl (C=O) groups is 1. The molecule has 0 fully saturated rings. The maximum absolute atomic E-state index is 12.3. The van der Waals surface area contributed by atoms with Crippen molar-refractivity contribution >= 4 is 15.9 Å². The van der Waals surface area contributed by atoms with E-state index in [-0.39, 0.29) is 17.3 Å². The van der Waals surface area contributed by atoms with Crippen molar-refractivity contribution in [3.8, 4) is 0 Å². The Morgan fingerprint density at radius 1 is 1.15 bits per heavy atom. The van der Waals surface area contributed by atoms with Crippen LogP contribution in [-0.2, 0) is 16.6 Å². The Hall–Kier alpha value is -2.12. The molecule has 27 heavy (non-hydrogen) atoms. The largest absolute Gasteiger partial charge is 0.468 e. The molecule has 1 amide bonds. The van der Waals surface area contributed by atoms with E-state index in [2.05, 4.69) is 23.9 Å². The topological polar surface area (TPSA) is 88.4 Å². The minimum Gasteiger partial charge on any atom is -0.468 e. The van der Waals surface area contributed by atoms with Crippen LogP contribution in [0.5, 0.6) is 0 Å². The first-order chi connectivity index (χ1) is 13.0. The third-order valence-corrected chi connectivity index (χ3v) is 5.96. The molecule has 1 heterocycles. The van der Waals surface area contributed by atoms with Gasteiger partial charge >= 0.3 is 0 Å². The Labute approximate surface area is 161 Å². The summed E-state index contributed by atoms with van der Waals surface area (Å²) < 4.78 is 32.2. The monoisotopic (exact) mass is 392 g/mol. The van der Waals surface area contributed by atoms with Gasteiger partial charge in [0.05, 0.1) is 17.7 Å². The Balaban J connectivity index is 1.92. The number of benzene rings is 1. The fourth-order valence-corrected chi connectivity index (χ4v) is 3.72. The van der Waals surface area contributed by atoms with Gasteiger partial charge in [-0.15, -0.1) is 0 Å². The zero-order chi connectivity index (χ0) is 19.7. The van der Waals surface area contributed by atoms with Crippen molar-refractivity contribution in [2.75, 3.05) is 6.54 Å². The van der Waals surface area contributed by atoms with Crippen molar-refractivity contribution in [2.45, 2.75) is 51.0 Å². The fraction of sp³-hybridized carbons (Fsp3) is 0.450. The molecular weight excluding hydrogens is 364 g/mol. The fourth-order valence-electron chi connectivity index (χ4n) is 2.73. The summed E-state index contributed by atoms with van der Waals surface area (Å²) in [6, 6.07) is 9.33. The zero-order valence-corrected chi connectivity index (χ0v) is 16.7. The van der Waals surface area contributed by atoms with Crippen LogP contribution in [0.15, 0.2) is 52.0 Å². The molecule has 7 heteroatoms. The summed E-state index contributed by atoms with van der Waals surface area (Å²) >= 11 is 0. The van der Waals surface area contributed by atoms with E-state index in [4.69, 9.17) is 4.42 Å². The van der Waals surface area contributed by atoms with E-state index in [9.17, 15) is 13.2 Å². The molecule has 1 aromatic carbocycles. The summed E-state index contributed by atoms with van der Waals surface area (Å²) in [6.45, 7) is 5.00. The maximum atomic E-state index is 12.3. The molecule has 1 aromatic heterocycles. The molecule has 0 aliphatic carbocycles. The lowest BCUT2D eigenvalue weighted by molar-refractivity contribution is 0.0945. The van der Waals surface area contributed by atoms with Crippen LogP contribution in [0.2, 0.25) is 0 Å². The summed E-state index contributed by atoms with van der Waals surface area (Å²) in [4.78, 5) is 12.4. The third-order valence-electron chi connectivity index (χ3n) is 4.54. The van der Waals surface area contributed by atoms with E-state index in [0.717, 1.165) is 25.7 Å². The molecule has 1 unspecified atom stereocenters. The van der Waals surface area contributed by atoms with E-state index in [1.165, 1.54) is 30.5 Å². The molecule has 0 radical (unpaired) electrons. The van der Waals surface area contributed by atoms with E-state index in [0.29, 0.717) is 23.8 Å². The number of amides is 1. The highest BCUT2D eigenvalue weighted by Crippen LogP contribution is 2.14. The van der Waals surface area contributed by atoms with Crippen LogP contribution in [0.4, 0.5) is 0 Å². The van der Waals surface area contributed by atoms with E-state index < -0.39 is 10.0 Å². The number of hydrogen-bond acceptors (Lipinski definition) is 4. The van der Waals surface area contributed by atoms with Crippen LogP contribution < -0.4 is 10.0 Å². The van der Waals surface area contributed by atoms with Gasteiger partial charge < -0.3 is 9.73 Å². The van der Waals surface area contributed by atoms with E-state index >= 15 is 0 Å². The molecule has 0 spiro atoms. The highest BCUT2D eigenvalue weighted by molar-refractivity contribution is 7.89. The minimum absolute atomic E-state index is 0.0771. The van der Waals surface area contributed by atoms with Gasteiger partial charge in [0.1, 0.15) is 5.76 Å². The Kier molecular flexibility index (Phi) is 8.06. The van der Waals surface area contributed by atoms with Crippen LogP contribution >= 0.6 is 0 Å². The van der Waals surface area contributed by atoms with Crippen LogP contribution in [-0.4, -0.2) is 20.9 Å². The van der Waals surface area contributed by atoms with Gasteiger partial charge in [0.15, 0.2) is 0 Å². The molecule has 2 N–H and O–H groups in total. The molecule has 0 saturated heterocycles. The third kappa shape index (κ3) is 6.52. The molecule has 2 rings (SSSR count). The first-order valence-corrected chi connectivity index (χ1v) is 10.8. The number of carbonyl (C=O) groups excluding carboxylic acids is 1. The van der Waals surface area contributed by atoms with Gasteiger partial charge in [-0.3, -0.25) is 4.79 Å². The SMILES string of the molecule is CCCCC(CC)CNC(=O)c1ccc(S(=O)(=O)NCc2ccco2)cc1. The van der Waals surface area contributed by atoms with E-state index in [1.807, 2.05) is 0 Å². The molecule has 0 bridgehead atoms. The minimum atomic E-state index is -3.66. The normalized spacial score (nSPS) is 12.7. The number of nitrogens with one attached hydrogen (secondary N) is 2. The van der Waals surface area contributed by atoms with Crippen molar-refractivity contribution in [3.05, 3.63) is 54.0 Å². The second kappa shape index (κ2) is 10.3. The van der Waals surface area contributed by atoms with Crippen LogP contribution in [0.3, 0.4) is 0 Å². The van der Waals surface area contributed by atoms with Gasteiger partial charge in [-0.25, -0.2) is 13.1 Å². The summed E-state index contributed by atoms with van der Waals surface area (Å²) in [5, 5.41) is 2.94. The Morgan fingerprint density at radius 2 is 1.89 bits per heavy atom.